The van der Waals surface area contributed by atoms with Gasteiger partial charge in [-0.05, 0) is 23.6 Å². The zero-order valence-electron chi connectivity index (χ0n) is 18.2. The van der Waals surface area contributed by atoms with Gasteiger partial charge in [0.25, 0.3) is 0 Å². The molecule has 3 rings (SSSR count). The van der Waals surface area contributed by atoms with Crippen LogP contribution in [0.3, 0.4) is 0 Å². The molecule has 2 aromatic carbocycles. The molecule has 1 saturated heterocycles. The van der Waals surface area contributed by atoms with Crippen LogP contribution < -0.4 is 10.5 Å². The molecule has 1 atom stereocenters. The van der Waals surface area contributed by atoms with Gasteiger partial charge in [-0.3, -0.25) is 10.2 Å². The molecule has 0 radical (unpaired) electrons. The molecule has 0 saturated carbocycles. The highest BCUT2D eigenvalue weighted by Crippen LogP contribution is 2.18. The smallest absolute Gasteiger partial charge is 0.475 e. The third-order valence-corrected chi connectivity index (χ3v) is 5.86. The Labute approximate surface area is 199 Å². The Kier molecular flexibility index (Phi) is 9.14. The number of sulfonamides is 1. The Morgan fingerprint density at radius 1 is 1.17 bits per heavy atom. The molecule has 0 aliphatic carbocycles. The van der Waals surface area contributed by atoms with Crippen LogP contribution >= 0.6 is 0 Å². The standard InChI is InChI=1S/C20H22N4O3S.C2HF3O2/c21-19(22)17-9-5-4-8-16(17)14-24-12-10-18(20(24)25)23-28(26,27)13-11-15-6-2-1-3-7-15;3-2(4,5)1(6)7/h1-9,11,13,18,23H,10,12,14H2,(H3,21,22);(H,6,7)/b13-11+;. The molecule has 1 aliphatic rings. The van der Waals surface area contributed by atoms with Crippen LogP contribution in [0.15, 0.2) is 60.0 Å². The number of carboxylic acid groups (broad SMARTS) is 1. The first-order chi connectivity index (χ1) is 16.3. The number of amidine groups is 1. The normalized spacial score (nSPS) is 16.1. The van der Waals surface area contributed by atoms with E-state index in [1.165, 1.54) is 6.08 Å². The minimum atomic E-state index is -5.08. The summed E-state index contributed by atoms with van der Waals surface area (Å²) in [5, 5.41) is 15.8. The predicted molar refractivity (Wildman–Crippen MR) is 123 cm³/mol. The van der Waals surface area contributed by atoms with Gasteiger partial charge in [0.05, 0.1) is 0 Å². The average molecular weight is 513 g/mol. The van der Waals surface area contributed by atoms with E-state index in [0.29, 0.717) is 18.5 Å². The summed E-state index contributed by atoms with van der Waals surface area (Å²) in [6.07, 6.45) is -3.21. The van der Waals surface area contributed by atoms with Crippen molar-refractivity contribution in [3.8, 4) is 0 Å². The summed E-state index contributed by atoms with van der Waals surface area (Å²) in [6.45, 7) is 0.716. The highest BCUT2D eigenvalue weighted by molar-refractivity contribution is 7.92. The molecule has 1 unspecified atom stereocenters. The molecule has 35 heavy (non-hydrogen) atoms. The lowest BCUT2D eigenvalue weighted by atomic mass is 10.1. The van der Waals surface area contributed by atoms with Crippen molar-refractivity contribution in [2.75, 3.05) is 6.54 Å². The zero-order chi connectivity index (χ0) is 26.2. The molecular formula is C22H23F3N4O5S. The predicted octanol–water partition coefficient (Wildman–Crippen LogP) is 2.30. The highest BCUT2D eigenvalue weighted by atomic mass is 32.2. The lowest BCUT2D eigenvalue weighted by Crippen LogP contribution is -2.40. The van der Waals surface area contributed by atoms with Crippen molar-refractivity contribution in [3.63, 3.8) is 0 Å². The van der Waals surface area contributed by atoms with Gasteiger partial charge in [0.15, 0.2) is 0 Å². The number of nitrogens with zero attached hydrogens (tertiary/aromatic N) is 1. The van der Waals surface area contributed by atoms with E-state index in [4.69, 9.17) is 21.0 Å². The summed E-state index contributed by atoms with van der Waals surface area (Å²) < 4.78 is 58.8. The first-order valence-electron chi connectivity index (χ1n) is 10.1. The molecule has 1 heterocycles. The molecule has 0 bridgehead atoms. The Morgan fingerprint density at radius 3 is 2.31 bits per heavy atom. The lowest BCUT2D eigenvalue weighted by molar-refractivity contribution is -0.192. The van der Waals surface area contributed by atoms with Gasteiger partial charge >= 0.3 is 12.1 Å². The van der Waals surface area contributed by atoms with E-state index in [9.17, 15) is 26.4 Å². The average Bonchev–Trinajstić information content (AvgIpc) is 3.11. The second kappa shape index (κ2) is 11.6. The van der Waals surface area contributed by atoms with Crippen molar-refractivity contribution in [3.05, 3.63) is 76.7 Å². The number of nitrogen functional groups attached to an aromatic ring is 1. The maximum atomic E-state index is 12.6. The fourth-order valence-electron chi connectivity index (χ4n) is 3.10. The van der Waals surface area contributed by atoms with Gasteiger partial charge < -0.3 is 15.7 Å². The fraction of sp³-hybridized carbons (Fsp3) is 0.227. The second-order valence-corrected chi connectivity index (χ2v) is 8.95. The van der Waals surface area contributed by atoms with Gasteiger partial charge in [0, 0.05) is 24.1 Å². The number of hydrogen-bond acceptors (Lipinski definition) is 5. The van der Waals surface area contributed by atoms with Gasteiger partial charge in [0.1, 0.15) is 11.9 Å². The summed E-state index contributed by atoms with van der Waals surface area (Å²) >= 11 is 0. The Balaban J connectivity index is 0.000000540. The largest absolute Gasteiger partial charge is 0.490 e. The first kappa shape index (κ1) is 27.5. The van der Waals surface area contributed by atoms with Crippen LogP contribution in [-0.2, 0) is 26.2 Å². The van der Waals surface area contributed by atoms with Crippen LogP contribution in [0.2, 0.25) is 0 Å². The van der Waals surface area contributed by atoms with Gasteiger partial charge in [-0.25, -0.2) is 13.2 Å². The number of hydrogen-bond donors (Lipinski definition) is 4. The number of nitrogens with one attached hydrogen (secondary N) is 2. The van der Waals surface area contributed by atoms with Crippen molar-refractivity contribution in [2.24, 2.45) is 5.73 Å². The van der Waals surface area contributed by atoms with Crippen LogP contribution in [0, 0.1) is 5.41 Å². The van der Waals surface area contributed by atoms with Gasteiger partial charge in [-0.1, -0.05) is 54.6 Å². The van der Waals surface area contributed by atoms with Crippen LogP contribution in [0.25, 0.3) is 6.08 Å². The minimum absolute atomic E-state index is 0.0643. The van der Waals surface area contributed by atoms with E-state index in [1.807, 2.05) is 30.3 Å². The molecule has 9 nitrogen and oxygen atoms in total. The van der Waals surface area contributed by atoms with Crippen LogP contribution in [-0.4, -0.2) is 54.9 Å². The van der Waals surface area contributed by atoms with E-state index >= 15 is 0 Å². The van der Waals surface area contributed by atoms with E-state index in [-0.39, 0.29) is 18.3 Å². The second-order valence-electron chi connectivity index (χ2n) is 7.35. The SMILES string of the molecule is N=C(N)c1ccccc1CN1CCC(NS(=O)(=O)/C=C/c2ccccc2)C1=O.O=C(O)C(F)(F)F. The summed E-state index contributed by atoms with van der Waals surface area (Å²) in [7, 11) is -3.75. The third kappa shape index (κ3) is 8.54. The van der Waals surface area contributed by atoms with Crippen molar-refractivity contribution < 1.29 is 36.3 Å². The lowest BCUT2D eigenvalue weighted by Gasteiger charge is -2.18. The molecule has 188 valence electrons. The number of carbonyl (C=O) groups excluding carboxylic acids is 1. The number of aliphatic carboxylic acids is 1. The minimum Gasteiger partial charge on any atom is -0.475 e. The number of benzene rings is 2. The zero-order valence-corrected chi connectivity index (χ0v) is 19.0. The van der Waals surface area contributed by atoms with E-state index in [2.05, 4.69) is 4.72 Å². The number of carboxylic acids is 1. The molecule has 1 aliphatic heterocycles. The van der Waals surface area contributed by atoms with Crippen molar-refractivity contribution in [2.45, 2.75) is 25.2 Å². The quantitative estimate of drug-likeness (QED) is 0.330. The van der Waals surface area contributed by atoms with E-state index in [0.717, 1.165) is 16.5 Å². The molecular weight excluding hydrogens is 489 g/mol. The Morgan fingerprint density at radius 2 is 1.74 bits per heavy atom. The van der Waals surface area contributed by atoms with Crippen molar-refractivity contribution >= 4 is 33.8 Å². The molecule has 13 heteroatoms. The number of amides is 1. The molecule has 1 amide bonds. The molecule has 2 aromatic rings. The first-order valence-corrected chi connectivity index (χ1v) is 11.6. The number of nitrogens with two attached hydrogens (primary N) is 1. The van der Waals surface area contributed by atoms with E-state index < -0.39 is 28.2 Å². The fourth-order valence-corrected chi connectivity index (χ4v) is 4.13. The van der Waals surface area contributed by atoms with Gasteiger partial charge in [-0.15, -0.1) is 0 Å². The maximum Gasteiger partial charge on any atom is 0.490 e. The molecule has 0 aromatic heterocycles. The Hall–Kier alpha value is -3.71. The monoisotopic (exact) mass is 512 g/mol. The summed E-state index contributed by atoms with van der Waals surface area (Å²) in [6, 6.07) is 15.4. The van der Waals surface area contributed by atoms with Crippen LogP contribution in [0.1, 0.15) is 23.1 Å². The number of rotatable bonds is 7. The number of alkyl halides is 3. The maximum absolute atomic E-state index is 12.6. The molecule has 1 fully saturated rings. The topological polar surface area (TPSA) is 154 Å². The van der Waals surface area contributed by atoms with Crippen molar-refractivity contribution in [1.82, 2.24) is 9.62 Å². The third-order valence-electron chi connectivity index (χ3n) is 4.75. The number of halogens is 3. The number of carbonyl (C=O) groups is 2. The van der Waals surface area contributed by atoms with E-state index in [1.54, 1.807) is 29.2 Å². The van der Waals surface area contributed by atoms with Crippen LogP contribution in [0.4, 0.5) is 13.2 Å². The number of likely N-dealkylation sites (tertiary alicyclic amines) is 1. The summed E-state index contributed by atoms with van der Waals surface area (Å²) in [4.78, 5) is 23.1. The summed E-state index contributed by atoms with van der Waals surface area (Å²) in [5.41, 5.74) is 7.69. The van der Waals surface area contributed by atoms with Crippen LogP contribution in [0.5, 0.6) is 0 Å². The van der Waals surface area contributed by atoms with Gasteiger partial charge in [-0.2, -0.15) is 17.9 Å². The van der Waals surface area contributed by atoms with Crippen molar-refractivity contribution in [1.29, 1.82) is 5.41 Å². The Bertz CT molecular complexity index is 1200. The van der Waals surface area contributed by atoms with Gasteiger partial charge in [0.2, 0.25) is 15.9 Å². The molecule has 5 N–H and O–H groups in total. The highest BCUT2D eigenvalue weighted by Gasteiger charge is 2.38. The molecule has 0 spiro atoms. The summed E-state index contributed by atoms with van der Waals surface area (Å²) in [5.74, 6) is -3.10.